The van der Waals surface area contributed by atoms with Gasteiger partial charge in [-0.05, 0) is 31.4 Å². The molecule has 1 N–H and O–H groups in total. The molecule has 0 bridgehead atoms. The molecule has 0 unspecified atom stereocenters. The van der Waals surface area contributed by atoms with Crippen molar-refractivity contribution in [2.75, 3.05) is 11.4 Å². The standard InChI is InChI=1S/C17H26N2O/c1-2-3-14-19(16-12-8-5-9-13-16)17(20)18-15-10-6-4-7-11-15/h5,8-9,12-13,15H,2-4,6-7,10-11,14H2,1H3,(H,18,20). The topological polar surface area (TPSA) is 32.3 Å². The molecule has 2 rings (SSSR count). The molecule has 1 aliphatic carbocycles. The number of carbonyl (C=O) groups excluding carboxylic acids is 1. The summed E-state index contributed by atoms with van der Waals surface area (Å²) in [6.07, 6.45) is 8.18. The summed E-state index contributed by atoms with van der Waals surface area (Å²) >= 11 is 0. The van der Waals surface area contributed by atoms with Crippen LogP contribution in [0.25, 0.3) is 0 Å². The summed E-state index contributed by atoms with van der Waals surface area (Å²) in [7, 11) is 0. The largest absolute Gasteiger partial charge is 0.335 e. The minimum atomic E-state index is 0.0663. The minimum absolute atomic E-state index is 0.0663. The molecule has 1 saturated carbocycles. The second kappa shape index (κ2) is 7.93. The Kier molecular flexibility index (Phi) is 5.90. The van der Waals surface area contributed by atoms with Gasteiger partial charge in [0.05, 0.1) is 0 Å². The van der Waals surface area contributed by atoms with Crippen LogP contribution >= 0.6 is 0 Å². The molecule has 0 radical (unpaired) electrons. The summed E-state index contributed by atoms with van der Waals surface area (Å²) in [5.74, 6) is 0. The van der Waals surface area contributed by atoms with Gasteiger partial charge in [0.15, 0.2) is 0 Å². The van der Waals surface area contributed by atoms with Gasteiger partial charge in [-0.2, -0.15) is 0 Å². The fraction of sp³-hybridized carbons (Fsp3) is 0.588. The molecule has 1 aromatic carbocycles. The summed E-state index contributed by atoms with van der Waals surface area (Å²) in [5, 5.41) is 3.21. The number of unbranched alkanes of at least 4 members (excludes halogenated alkanes) is 1. The first-order valence-corrected chi connectivity index (χ1v) is 7.94. The van der Waals surface area contributed by atoms with E-state index in [1.807, 2.05) is 35.2 Å². The first-order chi connectivity index (χ1) is 9.81. The predicted molar refractivity (Wildman–Crippen MR) is 84.1 cm³/mol. The first kappa shape index (κ1) is 14.9. The zero-order valence-electron chi connectivity index (χ0n) is 12.5. The molecule has 1 aromatic rings. The van der Waals surface area contributed by atoms with E-state index in [4.69, 9.17) is 0 Å². The summed E-state index contributed by atoms with van der Waals surface area (Å²) in [4.78, 5) is 14.4. The average molecular weight is 274 g/mol. The van der Waals surface area contributed by atoms with Crippen LogP contribution in [-0.4, -0.2) is 18.6 Å². The van der Waals surface area contributed by atoms with Gasteiger partial charge < -0.3 is 5.32 Å². The zero-order chi connectivity index (χ0) is 14.2. The highest BCUT2D eigenvalue weighted by molar-refractivity contribution is 5.92. The average Bonchev–Trinajstić information content (AvgIpc) is 2.50. The highest BCUT2D eigenvalue weighted by Gasteiger charge is 2.20. The maximum atomic E-state index is 12.5. The van der Waals surface area contributed by atoms with Gasteiger partial charge >= 0.3 is 6.03 Å². The van der Waals surface area contributed by atoms with E-state index in [1.54, 1.807) is 0 Å². The molecule has 3 heteroatoms. The molecule has 0 heterocycles. The van der Waals surface area contributed by atoms with Crippen molar-refractivity contribution in [3.63, 3.8) is 0 Å². The van der Waals surface area contributed by atoms with Crippen molar-refractivity contribution in [1.82, 2.24) is 5.32 Å². The second-order valence-corrected chi connectivity index (χ2v) is 5.63. The third kappa shape index (κ3) is 4.26. The number of nitrogens with zero attached hydrogens (tertiary/aromatic N) is 1. The van der Waals surface area contributed by atoms with E-state index in [2.05, 4.69) is 12.2 Å². The SMILES string of the molecule is CCCCN(C(=O)NC1CCCCC1)c1ccccc1. The summed E-state index contributed by atoms with van der Waals surface area (Å²) in [5.41, 5.74) is 0.995. The van der Waals surface area contributed by atoms with Crippen LogP contribution in [-0.2, 0) is 0 Å². The molecule has 2 amide bonds. The molecule has 0 atom stereocenters. The zero-order valence-corrected chi connectivity index (χ0v) is 12.5. The summed E-state index contributed by atoms with van der Waals surface area (Å²) < 4.78 is 0. The van der Waals surface area contributed by atoms with E-state index in [-0.39, 0.29) is 6.03 Å². The van der Waals surface area contributed by atoms with Crippen molar-refractivity contribution in [3.8, 4) is 0 Å². The maximum Gasteiger partial charge on any atom is 0.322 e. The quantitative estimate of drug-likeness (QED) is 0.851. The Hall–Kier alpha value is -1.51. The first-order valence-electron chi connectivity index (χ1n) is 7.94. The van der Waals surface area contributed by atoms with Gasteiger partial charge in [-0.3, -0.25) is 4.90 Å². The number of hydrogen-bond donors (Lipinski definition) is 1. The van der Waals surface area contributed by atoms with E-state index in [0.29, 0.717) is 6.04 Å². The highest BCUT2D eigenvalue weighted by atomic mass is 16.2. The fourth-order valence-corrected chi connectivity index (χ4v) is 2.77. The molecule has 110 valence electrons. The number of carbonyl (C=O) groups is 1. The molecule has 0 aliphatic heterocycles. The lowest BCUT2D eigenvalue weighted by atomic mass is 9.96. The number of amides is 2. The molecule has 0 saturated heterocycles. The van der Waals surface area contributed by atoms with Crippen molar-refractivity contribution in [3.05, 3.63) is 30.3 Å². The van der Waals surface area contributed by atoms with Crippen LogP contribution in [0.1, 0.15) is 51.9 Å². The van der Waals surface area contributed by atoms with Gasteiger partial charge in [-0.1, -0.05) is 50.8 Å². The van der Waals surface area contributed by atoms with E-state index in [1.165, 1.54) is 19.3 Å². The smallest absolute Gasteiger partial charge is 0.322 e. The molecule has 1 aliphatic rings. The molecular formula is C17H26N2O. The van der Waals surface area contributed by atoms with E-state index >= 15 is 0 Å². The van der Waals surface area contributed by atoms with Crippen molar-refractivity contribution in [1.29, 1.82) is 0 Å². The summed E-state index contributed by atoms with van der Waals surface area (Å²) in [6.45, 7) is 2.95. The van der Waals surface area contributed by atoms with Gasteiger partial charge in [0, 0.05) is 18.3 Å². The third-order valence-electron chi connectivity index (χ3n) is 3.98. The van der Waals surface area contributed by atoms with Crippen LogP contribution in [0.15, 0.2) is 30.3 Å². The summed E-state index contributed by atoms with van der Waals surface area (Å²) in [6, 6.07) is 10.4. The number of hydrogen-bond acceptors (Lipinski definition) is 1. The number of para-hydroxylation sites is 1. The number of urea groups is 1. The van der Waals surface area contributed by atoms with Crippen LogP contribution in [0.3, 0.4) is 0 Å². The van der Waals surface area contributed by atoms with Crippen molar-refractivity contribution >= 4 is 11.7 Å². The number of anilines is 1. The fourth-order valence-electron chi connectivity index (χ4n) is 2.77. The van der Waals surface area contributed by atoms with Crippen LogP contribution in [0.2, 0.25) is 0 Å². The Bertz CT molecular complexity index is 399. The normalized spacial score (nSPS) is 15.8. The maximum absolute atomic E-state index is 12.5. The van der Waals surface area contributed by atoms with E-state index < -0.39 is 0 Å². The lowest BCUT2D eigenvalue weighted by molar-refractivity contribution is 0.238. The molecule has 1 fully saturated rings. The molecule has 0 aromatic heterocycles. The Morgan fingerprint density at radius 3 is 2.55 bits per heavy atom. The van der Waals surface area contributed by atoms with Crippen LogP contribution in [0.4, 0.5) is 10.5 Å². The van der Waals surface area contributed by atoms with Crippen LogP contribution in [0.5, 0.6) is 0 Å². The van der Waals surface area contributed by atoms with E-state index in [9.17, 15) is 4.79 Å². The molecule has 3 nitrogen and oxygen atoms in total. The lowest BCUT2D eigenvalue weighted by Crippen LogP contribution is -2.46. The Morgan fingerprint density at radius 2 is 1.90 bits per heavy atom. The van der Waals surface area contributed by atoms with Gasteiger partial charge in [-0.15, -0.1) is 0 Å². The number of rotatable bonds is 5. The Morgan fingerprint density at radius 1 is 1.20 bits per heavy atom. The molecular weight excluding hydrogens is 248 g/mol. The van der Waals surface area contributed by atoms with Gasteiger partial charge in [-0.25, -0.2) is 4.79 Å². The number of nitrogens with one attached hydrogen (secondary N) is 1. The molecule has 20 heavy (non-hydrogen) atoms. The monoisotopic (exact) mass is 274 g/mol. The van der Waals surface area contributed by atoms with Crippen LogP contribution < -0.4 is 10.2 Å². The van der Waals surface area contributed by atoms with Gasteiger partial charge in [0.1, 0.15) is 0 Å². The van der Waals surface area contributed by atoms with Crippen molar-refractivity contribution in [2.24, 2.45) is 0 Å². The van der Waals surface area contributed by atoms with Gasteiger partial charge in [0.2, 0.25) is 0 Å². The second-order valence-electron chi connectivity index (χ2n) is 5.63. The highest BCUT2D eigenvalue weighted by Crippen LogP contribution is 2.19. The minimum Gasteiger partial charge on any atom is -0.335 e. The van der Waals surface area contributed by atoms with Gasteiger partial charge in [0.25, 0.3) is 0 Å². The lowest BCUT2D eigenvalue weighted by Gasteiger charge is -2.28. The van der Waals surface area contributed by atoms with Crippen molar-refractivity contribution in [2.45, 2.75) is 57.9 Å². The predicted octanol–water partition coefficient (Wildman–Crippen LogP) is 4.34. The van der Waals surface area contributed by atoms with Crippen LogP contribution in [0, 0.1) is 0 Å². The van der Waals surface area contributed by atoms with Crippen molar-refractivity contribution < 1.29 is 4.79 Å². The van der Waals surface area contributed by atoms with E-state index in [0.717, 1.165) is 37.9 Å². The number of benzene rings is 1. The third-order valence-corrected chi connectivity index (χ3v) is 3.98. The Balaban J connectivity index is 1.99. The molecule has 0 spiro atoms. The Labute approximate surface area is 122 Å².